The highest BCUT2D eigenvalue weighted by Gasteiger charge is 2.20. The van der Waals surface area contributed by atoms with E-state index in [9.17, 15) is 0 Å². The minimum atomic E-state index is 0.0304. The number of anilines is 1. The smallest absolute Gasteiger partial charge is 0.134 e. The maximum absolute atomic E-state index is 6.09. The molecule has 1 aromatic rings. The molecule has 3 N–H and O–H groups in total. The Morgan fingerprint density at radius 1 is 1.50 bits per heavy atom. The first kappa shape index (κ1) is 9.93. The third-order valence-corrected chi connectivity index (χ3v) is 3.68. The molecular formula is C11H10ClN3S. The highest BCUT2D eigenvalue weighted by atomic mass is 35.5. The van der Waals surface area contributed by atoms with Crippen molar-refractivity contribution in [1.29, 1.82) is 0 Å². The Bertz CT molecular complexity index is 527. The van der Waals surface area contributed by atoms with E-state index in [1.165, 1.54) is 0 Å². The van der Waals surface area contributed by atoms with E-state index in [1.54, 1.807) is 11.3 Å². The van der Waals surface area contributed by atoms with Gasteiger partial charge in [0.25, 0.3) is 0 Å². The highest BCUT2D eigenvalue weighted by molar-refractivity contribution is 7.08. The average molecular weight is 252 g/mol. The molecule has 3 rings (SSSR count). The number of amidine groups is 1. The summed E-state index contributed by atoms with van der Waals surface area (Å²) in [5.74, 6) is 0.562. The van der Waals surface area contributed by atoms with Gasteiger partial charge in [0.2, 0.25) is 0 Å². The number of nitrogens with zero attached hydrogens (tertiary/aromatic N) is 1. The molecule has 2 aliphatic rings. The molecule has 1 aliphatic heterocycles. The number of fused-ring (bicyclic) bond motifs is 1. The van der Waals surface area contributed by atoms with E-state index in [0.717, 1.165) is 29.1 Å². The lowest BCUT2D eigenvalue weighted by molar-refractivity contribution is 0.948. The number of hydrogen-bond acceptors (Lipinski definition) is 4. The second-order valence-electron chi connectivity index (χ2n) is 3.76. The average Bonchev–Trinajstić information content (AvgIpc) is 2.65. The van der Waals surface area contributed by atoms with E-state index in [1.807, 2.05) is 22.9 Å². The number of nitrogens with two attached hydrogens (primary N) is 1. The van der Waals surface area contributed by atoms with E-state index in [-0.39, 0.29) is 5.38 Å². The Morgan fingerprint density at radius 3 is 3.25 bits per heavy atom. The van der Waals surface area contributed by atoms with Crippen LogP contribution in [0.2, 0.25) is 0 Å². The molecule has 0 aromatic carbocycles. The first-order valence-electron chi connectivity index (χ1n) is 4.97. The summed E-state index contributed by atoms with van der Waals surface area (Å²) in [6, 6.07) is 0. The number of rotatable bonds is 0. The van der Waals surface area contributed by atoms with Gasteiger partial charge >= 0.3 is 0 Å². The minimum Gasteiger partial charge on any atom is -0.383 e. The summed E-state index contributed by atoms with van der Waals surface area (Å²) in [6.07, 6.45) is 4.63. The quantitative estimate of drug-likeness (QED) is 0.697. The van der Waals surface area contributed by atoms with Crippen molar-refractivity contribution in [1.82, 2.24) is 0 Å². The number of aliphatic imine (C=N–C) groups is 1. The van der Waals surface area contributed by atoms with Crippen LogP contribution in [0.3, 0.4) is 0 Å². The van der Waals surface area contributed by atoms with Gasteiger partial charge in [0.15, 0.2) is 0 Å². The Balaban J connectivity index is 2.10. The molecule has 0 saturated carbocycles. The Kier molecular flexibility index (Phi) is 2.26. The fourth-order valence-electron chi connectivity index (χ4n) is 1.83. The summed E-state index contributed by atoms with van der Waals surface area (Å²) in [5, 5.41) is 7.43. The predicted octanol–water partition coefficient (Wildman–Crippen LogP) is 2.66. The van der Waals surface area contributed by atoms with Gasteiger partial charge < -0.3 is 11.1 Å². The molecular weight excluding hydrogens is 242 g/mol. The Labute approximate surface area is 102 Å². The molecule has 0 saturated heterocycles. The van der Waals surface area contributed by atoms with Gasteiger partial charge in [-0.25, -0.2) is 4.99 Å². The van der Waals surface area contributed by atoms with E-state index in [0.29, 0.717) is 5.84 Å². The van der Waals surface area contributed by atoms with Crippen molar-refractivity contribution in [3.8, 4) is 0 Å². The molecule has 82 valence electrons. The maximum atomic E-state index is 6.09. The molecule has 1 aliphatic carbocycles. The first-order chi connectivity index (χ1) is 7.74. The summed E-state index contributed by atoms with van der Waals surface area (Å²) in [4.78, 5) is 4.42. The van der Waals surface area contributed by atoms with Crippen molar-refractivity contribution >= 4 is 34.5 Å². The van der Waals surface area contributed by atoms with Crippen LogP contribution < -0.4 is 11.1 Å². The van der Waals surface area contributed by atoms with Gasteiger partial charge in [-0.15, -0.1) is 22.9 Å². The van der Waals surface area contributed by atoms with Crippen molar-refractivity contribution in [2.45, 2.75) is 11.8 Å². The summed E-state index contributed by atoms with van der Waals surface area (Å²) < 4.78 is 0. The van der Waals surface area contributed by atoms with Gasteiger partial charge in [-0.1, -0.05) is 6.08 Å². The molecule has 1 atom stereocenters. The maximum Gasteiger partial charge on any atom is 0.134 e. The Hall–Kier alpha value is -1.26. The van der Waals surface area contributed by atoms with Gasteiger partial charge in [0.05, 0.1) is 22.3 Å². The molecule has 0 amide bonds. The van der Waals surface area contributed by atoms with Crippen molar-refractivity contribution in [2.24, 2.45) is 10.7 Å². The molecule has 0 bridgehead atoms. The van der Waals surface area contributed by atoms with Crippen LogP contribution in [0.1, 0.15) is 12.0 Å². The SMILES string of the molecule is NC1=NC2=C(CC(Cl)C=C2)Nc2cscc21. The molecule has 0 radical (unpaired) electrons. The van der Waals surface area contributed by atoms with Crippen LogP contribution in [0.15, 0.2) is 39.3 Å². The van der Waals surface area contributed by atoms with Crippen LogP contribution in [0.25, 0.3) is 0 Å². The van der Waals surface area contributed by atoms with Crippen molar-refractivity contribution in [3.63, 3.8) is 0 Å². The third kappa shape index (κ3) is 1.54. The molecule has 0 fully saturated rings. The van der Waals surface area contributed by atoms with E-state index in [2.05, 4.69) is 10.3 Å². The van der Waals surface area contributed by atoms with Gasteiger partial charge in [0, 0.05) is 22.9 Å². The number of thiophene rings is 1. The van der Waals surface area contributed by atoms with Crippen molar-refractivity contribution in [3.05, 3.63) is 39.9 Å². The standard InChI is InChI=1S/C11H10ClN3S/c12-6-1-2-8-9(3-6)14-10-5-16-4-7(10)11(13)15-8/h1-2,4-6,14H,3H2,(H2,13,15). The highest BCUT2D eigenvalue weighted by Crippen LogP contribution is 2.31. The lowest BCUT2D eigenvalue weighted by Gasteiger charge is -2.16. The number of hydrogen-bond donors (Lipinski definition) is 2. The summed E-state index contributed by atoms with van der Waals surface area (Å²) in [7, 11) is 0. The molecule has 5 heteroatoms. The van der Waals surface area contributed by atoms with Crippen molar-refractivity contribution < 1.29 is 0 Å². The minimum absolute atomic E-state index is 0.0304. The predicted molar refractivity (Wildman–Crippen MR) is 69.1 cm³/mol. The topological polar surface area (TPSA) is 50.4 Å². The van der Waals surface area contributed by atoms with Crippen LogP contribution >= 0.6 is 22.9 Å². The number of nitrogens with one attached hydrogen (secondary N) is 1. The van der Waals surface area contributed by atoms with Crippen LogP contribution in [0, 0.1) is 0 Å². The summed E-state index contributed by atoms with van der Waals surface area (Å²) in [5.41, 5.74) is 9.87. The fraction of sp³-hybridized carbons (Fsp3) is 0.182. The van der Waals surface area contributed by atoms with Crippen LogP contribution in [0.4, 0.5) is 5.69 Å². The van der Waals surface area contributed by atoms with E-state index >= 15 is 0 Å². The fourth-order valence-corrected chi connectivity index (χ4v) is 2.83. The molecule has 0 spiro atoms. The number of alkyl halides is 1. The monoisotopic (exact) mass is 251 g/mol. The van der Waals surface area contributed by atoms with E-state index < -0.39 is 0 Å². The zero-order chi connectivity index (χ0) is 11.1. The lowest BCUT2D eigenvalue weighted by Crippen LogP contribution is -2.12. The molecule has 16 heavy (non-hydrogen) atoms. The molecule has 1 unspecified atom stereocenters. The molecule has 2 heterocycles. The van der Waals surface area contributed by atoms with Gasteiger partial charge in [-0.3, -0.25) is 0 Å². The first-order valence-corrected chi connectivity index (χ1v) is 6.35. The van der Waals surface area contributed by atoms with Crippen LogP contribution in [-0.4, -0.2) is 11.2 Å². The molecule has 3 nitrogen and oxygen atoms in total. The summed E-state index contributed by atoms with van der Waals surface area (Å²) in [6.45, 7) is 0. The largest absolute Gasteiger partial charge is 0.383 e. The van der Waals surface area contributed by atoms with Gasteiger partial charge in [-0.05, 0) is 6.08 Å². The normalized spacial score (nSPS) is 23.1. The second-order valence-corrected chi connectivity index (χ2v) is 5.07. The van der Waals surface area contributed by atoms with Gasteiger partial charge in [-0.2, -0.15) is 0 Å². The zero-order valence-corrected chi connectivity index (χ0v) is 9.98. The second kappa shape index (κ2) is 3.64. The van der Waals surface area contributed by atoms with Gasteiger partial charge in [0.1, 0.15) is 5.84 Å². The number of allylic oxidation sites excluding steroid dienone is 3. The Morgan fingerprint density at radius 2 is 2.38 bits per heavy atom. The van der Waals surface area contributed by atoms with E-state index in [4.69, 9.17) is 17.3 Å². The molecule has 1 aromatic heterocycles. The van der Waals surface area contributed by atoms with Crippen LogP contribution in [0.5, 0.6) is 0 Å². The summed E-state index contributed by atoms with van der Waals surface area (Å²) >= 11 is 7.70. The zero-order valence-electron chi connectivity index (χ0n) is 8.40. The number of halogens is 1. The third-order valence-electron chi connectivity index (χ3n) is 2.64. The van der Waals surface area contributed by atoms with Crippen molar-refractivity contribution in [2.75, 3.05) is 5.32 Å². The van der Waals surface area contributed by atoms with Crippen LogP contribution in [-0.2, 0) is 0 Å². The lowest BCUT2D eigenvalue weighted by atomic mass is 10.1.